The van der Waals surface area contributed by atoms with E-state index in [-0.39, 0.29) is 17.8 Å². The van der Waals surface area contributed by atoms with E-state index in [0.29, 0.717) is 40.9 Å². The molecule has 1 amide bonds. The Balaban J connectivity index is 1.63. The van der Waals surface area contributed by atoms with Crippen LogP contribution in [0.4, 0.5) is 19.1 Å². The van der Waals surface area contributed by atoms with Crippen molar-refractivity contribution in [3.05, 3.63) is 71.0 Å². The fraction of sp³-hybridized carbons (Fsp3) is 0.286. The number of hydrogen-bond donors (Lipinski definition) is 1. The molecule has 0 radical (unpaired) electrons. The van der Waals surface area contributed by atoms with Gasteiger partial charge in [-0.25, -0.2) is 9.97 Å². The fourth-order valence-electron chi connectivity index (χ4n) is 3.59. The quantitative estimate of drug-likeness (QED) is 0.593. The summed E-state index contributed by atoms with van der Waals surface area (Å²) >= 11 is 6.36. The van der Waals surface area contributed by atoms with Crippen LogP contribution in [0.15, 0.2) is 54.9 Å². The van der Waals surface area contributed by atoms with Crippen molar-refractivity contribution in [2.24, 2.45) is 5.92 Å². The lowest BCUT2D eigenvalue weighted by molar-refractivity contribution is -0.138. The van der Waals surface area contributed by atoms with Crippen LogP contribution in [-0.4, -0.2) is 42.3 Å². The second kappa shape index (κ2) is 9.18. The number of hydrogen-bond acceptors (Lipinski definition) is 6. The van der Waals surface area contributed by atoms with Gasteiger partial charge >= 0.3 is 6.18 Å². The summed E-state index contributed by atoms with van der Waals surface area (Å²) in [7, 11) is 0. The third-order valence-electron chi connectivity index (χ3n) is 5.24. The van der Waals surface area contributed by atoms with Gasteiger partial charge in [-0.15, -0.1) is 4.80 Å². The summed E-state index contributed by atoms with van der Waals surface area (Å²) in [6, 6.07) is 4.97. The van der Waals surface area contributed by atoms with E-state index in [1.54, 1.807) is 29.3 Å². The lowest BCUT2D eigenvalue weighted by Gasteiger charge is -2.34. The van der Waals surface area contributed by atoms with Gasteiger partial charge in [-0.1, -0.05) is 24.6 Å². The summed E-state index contributed by atoms with van der Waals surface area (Å²) in [4.78, 5) is 23.9. The van der Waals surface area contributed by atoms with Gasteiger partial charge < -0.3 is 10.2 Å². The number of alkyl halides is 3. The molecule has 1 aliphatic rings. The topological polar surface area (TPSA) is 88.8 Å². The largest absolute Gasteiger partial charge is 0.419 e. The summed E-state index contributed by atoms with van der Waals surface area (Å²) in [6.45, 7) is 2.43. The number of carbonyl (C=O) groups excluding carboxylic acids is 1. The van der Waals surface area contributed by atoms with Crippen LogP contribution in [0.1, 0.15) is 35.7 Å². The molecule has 3 aromatic rings. The molecule has 3 heterocycles. The molecule has 33 heavy (non-hydrogen) atoms. The molecular weight excluding hydrogens is 459 g/mol. The number of anilines is 1. The minimum Gasteiger partial charge on any atom is -0.329 e. The zero-order valence-corrected chi connectivity index (χ0v) is 18.2. The standard InChI is InChI=1S/C21H19ClF3N7O/c1-13-4-3-9-31(17(13)12-28-20-26-10-14(11-27-20)21(23,24)25)19(33)15-5-2-6-16(22)18(15)32-29-7-8-30-32/h2,5-8,10-13H,3-4,9H2,1H3,(H,26,27,28)/b17-12+. The molecule has 1 saturated heterocycles. The first-order valence-electron chi connectivity index (χ1n) is 10.1. The van der Waals surface area contributed by atoms with Crippen molar-refractivity contribution in [1.82, 2.24) is 29.9 Å². The van der Waals surface area contributed by atoms with Crippen molar-refractivity contribution in [3.63, 3.8) is 0 Å². The average molecular weight is 478 g/mol. The van der Waals surface area contributed by atoms with E-state index in [0.717, 1.165) is 12.8 Å². The van der Waals surface area contributed by atoms with E-state index in [2.05, 4.69) is 25.5 Å². The Kier molecular flexibility index (Phi) is 6.32. The molecule has 1 unspecified atom stereocenters. The third kappa shape index (κ3) is 4.82. The molecule has 4 rings (SSSR count). The van der Waals surface area contributed by atoms with E-state index in [9.17, 15) is 18.0 Å². The minimum atomic E-state index is -4.52. The zero-order chi connectivity index (χ0) is 23.6. The maximum absolute atomic E-state index is 13.6. The number of amides is 1. The molecule has 1 atom stereocenters. The van der Waals surface area contributed by atoms with E-state index in [4.69, 9.17) is 11.6 Å². The Morgan fingerprint density at radius 2 is 1.91 bits per heavy atom. The van der Waals surface area contributed by atoms with E-state index < -0.39 is 11.7 Å². The number of para-hydroxylation sites is 1. The molecule has 1 aliphatic heterocycles. The smallest absolute Gasteiger partial charge is 0.329 e. The van der Waals surface area contributed by atoms with Crippen molar-refractivity contribution in [3.8, 4) is 5.69 Å². The SMILES string of the molecule is CC1CCCN(C(=O)c2cccc(Cl)c2-n2nccn2)/C1=C/Nc1ncc(C(F)(F)F)cn1. The summed E-state index contributed by atoms with van der Waals surface area (Å²) in [5.41, 5.74) is 0.411. The van der Waals surface area contributed by atoms with Crippen LogP contribution in [0.5, 0.6) is 0 Å². The van der Waals surface area contributed by atoms with Gasteiger partial charge in [-0.3, -0.25) is 4.79 Å². The van der Waals surface area contributed by atoms with Gasteiger partial charge in [-0.05, 0) is 30.9 Å². The highest BCUT2D eigenvalue weighted by Gasteiger charge is 2.32. The van der Waals surface area contributed by atoms with Gasteiger partial charge in [0.1, 0.15) is 5.69 Å². The average Bonchev–Trinajstić information content (AvgIpc) is 3.31. The molecule has 1 aromatic carbocycles. The fourth-order valence-corrected chi connectivity index (χ4v) is 3.84. The lowest BCUT2D eigenvalue weighted by atomic mass is 9.95. The predicted octanol–water partition coefficient (Wildman–Crippen LogP) is 4.56. The lowest BCUT2D eigenvalue weighted by Crippen LogP contribution is -2.38. The number of nitrogens with zero attached hydrogens (tertiary/aromatic N) is 6. The van der Waals surface area contributed by atoms with Crippen molar-refractivity contribution in [2.45, 2.75) is 25.9 Å². The van der Waals surface area contributed by atoms with Gasteiger partial charge in [0, 0.05) is 30.8 Å². The molecule has 12 heteroatoms. The monoisotopic (exact) mass is 477 g/mol. The van der Waals surface area contributed by atoms with Crippen molar-refractivity contribution in [2.75, 3.05) is 11.9 Å². The Morgan fingerprint density at radius 1 is 1.21 bits per heavy atom. The highest BCUT2D eigenvalue weighted by Crippen LogP contribution is 2.31. The highest BCUT2D eigenvalue weighted by molar-refractivity contribution is 6.33. The van der Waals surface area contributed by atoms with Gasteiger partial charge in [0.25, 0.3) is 5.91 Å². The number of piperidine rings is 1. The first-order valence-corrected chi connectivity index (χ1v) is 10.5. The normalized spacial score (nSPS) is 17.9. The Labute approximate surface area is 192 Å². The Bertz CT molecular complexity index is 1160. The second-order valence-electron chi connectivity index (χ2n) is 7.46. The molecular formula is C21H19ClF3N7O. The van der Waals surface area contributed by atoms with E-state index in [1.165, 1.54) is 17.2 Å². The van der Waals surface area contributed by atoms with Gasteiger partial charge in [0.15, 0.2) is 0 Å². The molecule has 172 valence electrons. The maximum atomic E-state index is 13.6. The summed E-state index contributed by atoms with van der Waals surface area (Å²) in [5.74, 6) is -0.294. The minimum absolute atomic E-state index is 0.00936. The number of aromatic nitrogens is 5. The van der Waals surface area contributed by atoms with Gasteiger partial charge in [-0.2, -0.15) is 23.4 Å². The number of benzene rings is 1. The summed E-state index contributed by atoms with van der Waals surface area (Å²) < 4.78 is 38.2. The van der Waals surface area contributed by atoms with Gasteiger partial charge in [0.2, 0.25) is 5.95 Å². The number of nitrogens with one attached hydrogen (secondary N) is 1. The molecule has 8 nitrogen and oxygen atoms in total. The van der Waals surface area contributed by atoms with Crippen molar-refractivity contribution >= 4 is 23.5 Å². The molecule has 0 aliphatic carbocycles. The number of halogens is 4. The van der Waals surface area contributed by atoms with Crippen LogP contribution in [0.25, 0.3) is 5.69 Å². The second-order valence-corrected chi connectivity index (χ2v) is 7.87. The van der Waals surface area contributed by atoms with Crippen molar-refractivity contribution in [1.29, 1.82) is 0 Å². The predicted molar refractivity (Wildman–Crippen MR) is 115 cm³/mol. The maximum Gasteiger partial charge on any atom is 0.419 e. The van der Waals surface area contributed by atoms with Crippen LogP contribution in [0, 0.1) is 5.92 Å². The number of likely N-dealkylation sites (tertiary alicyclic amines) is 1. The Hall–Kier alpha value is -3.47. The zero-order valence-electron chi connectivity index (χ0n) is 17.4. The van der Waals surface area contributed by atoms with Crippen LogP contribution < -0.4 is 5.32 Å². The summed E-state index contributed by atoms with van der Waals surface area (Å²) in [5, 5.41) is 11.3. The highest BCUT2D eigenvalue weighted by atomic mass is 35.5. The first-order chi connectivity index (χ1) is 15.8. The summed E-state index contributed by atoms with van der Waals surface area (Å²) in [6.07, 6.45) is 3.05. The Morgan fingerprint density at radius 3 is 2.58 bits per heavy atom. The van der Waals surface area contributed by atoms with Crippen LogP contribution >= 0.6 is 11.6 Å². The van der Waals surface area contributed by atoms with Gasteiger partial charge in [0.05, 0.1) is 28.5 Å². The molecule has 1 N–H and O–H groups in total. The number of rotatable bonds is 4. The molecule has 1 fully saturated rings. The molecule has 0 saturated carbocycles. The van der Waals surface area contributed by atoms with E-state index in [1.807, 2.05) is 6.92 Å². The molecule has 0 spiro atoms. The third-order valence-corrected chi connectivity index (χ3v) is 5.55. The van der Waals surface area contributed by atoms with Crippen LogP contribution in [0.2, 0.25) is 5.02 Å². The van der Waals surface area contributed by atoms with Crippen molar-refractivity contribution < 1.29 is 18.0 Å². The number of carbonyl (C=O) groups is 1. The van der Waals surface area contributed by atoms with Crippen LogP contribution in [-0.2, 0) is 6.18 Å². The molecule has 2 aromatic heterocycles. The molecule has 0 bridgehead atoms. The van der Waals surface area contributed by atoms with Crippen LogP contribution in [0.3, 0.4) is 0 Å². The van der Waals surface area contributed by atoms with E-state index >= 15 is 0 Å². The first kappa shape index (κ1) is 22.7. The number of allylic oxidation sites excluding steroid dienone is 1.